The van der Waals surface area contributed by atoms with Crippen molar-refractivity contribution in [2.75, 3.05) is 0 Å². The molecule has 1 aromatic carbocycles. The van der Waals surface area contributed by atoms with E-state index in [9.17, 15) is 4.79 Å². The number of benzene rings is 1. The van der Waals surface area contributed by atoms with Gasteiger partial charge in [0.05, 0.1) is 12.1 Å². The standard InChI is InChI=1S/C13H14BrN3O2/c1-8(2)13-16-11(17-19-13)7-15-12(18)9-5-3-4-6-10(9)14/h3-6,8H,7H2,1-2H3,(H,15,18). The first-order valence-electron chi connectivity index (χ1n) is 5.93. The Kier molecular flexibility index (Phi) is 4.31. The van der Waals surface area contributed by atoms with Crippen molar-refractivity contribution in [3.63, 3.8) is 0 Å². The predicted molar refractivity (Wildman–Crippen MR) is 73.7 cm³/mol. The summed E-state index contributed by atoms with van der Waals surface area (Å²) in [4.78, 5) is 16.1. The first kappa shape index (κ1) is 13.7. The van der Waals surface area contributed by atoms with E-state index in [4.69, 9.17) is 4.52 Å². The molecule has 0 spiro atoms. The number of hydrogen-bond donors (Lipinski definition) is 1. The molecule has 19 heavy (non-hydrogen) atoms. The molecule has 2 rings (SSSR count). The molecule has 1 amide bonds. The van der Waals surface area contributed by atoms with Gasteiger partial charge >= 0.3 is 0 Å². The second-order valence-corrected chi connectivity index (χ2v) is 5.22. The summed E-state index contributed by atoms with van der Waals surface area (Å²) in [5, 5.41) is 6.57. The summed E-state index contributed by atoms with van der Waals surface area (Å²) in [7, 11) is 0. The Bertz CT molecular complexity index is 581. The van der Waals surface area contributed by atoms with Crippen molar-refractivity contribution >= 4 is 21.8 Å². The second-order valence-electron chi connectivity index (χ2n) is 4.37. The van der Waals surface area contributed by atoms with Crippen molar-refractivity contribution in [2.24, 2.45) is 0 Å². The van der Waals surface area contributed by atoms with Gasteiger partial charge in [0.1, 0.15) is 0 Å². The summed E-state index contributed by atoms with van der Waals surface area (Å²) in [5.41, 5.74) is 0.579. The fourth-order valence-corrected chi connectivity index (χ4v) is 1.94. The van der Waals surface area contributed by atoms with Crippen molar-refractivity contribution in [2.45, 2.75) is 26.3 Å². The lowest BCUT2D eigenvalue weighted by atomic mass is 10.2. The summed E-state index contributed by atoms with van der Waals surface area (Å²) in [5.74, 6) is 1.05. The van der Waals surface area contributed by atoms with Crippen molar-refractivity contribution in [3.05, 3.63) is 46.0 Å². The highest BCUT2D eigenvalue weighted by molar-refractivity contribution is 9.10. The van der Waals surface area contributed by atoms with Crippen molar-refractivity contribution in [1.29, 1.82) is 0 Å². The molecular weight excluding hydrogens is 310 g/mol. The molecule has 100 valence electrons. The van der Waals surface area contributed by atoms with Crippen LogP contribution >= 0.6 is 15.9 Å². The number of amides is 1. The summed E-state index contributed by atoms with van der Waals surface area (Å²) in [6.45, 7) is 4.18. The van der Waals surface area contributed by atoms with Gasteiger partial charge in [-0.15, -0.1) is 0 Å². The van der Waals surface area contributed by atoms with Crippen molar-refractivity contribution < 1.29 is 9.32 Å². The van der Waals surface area contributed by atoms with Crippen LogP contribution in [0.3, 0.4) is 0 Å². The van der Waals surface area contributed by atoms with Crippen LogP contribution in [-0.4, -0.2) is 16.0 Å². The van der Waals surface area contributed by atoms with E-state index >= 15 is 0 Å². The van der Waals surface area contributed by atoms with Gasteiger partial charge in [-0.2, -0.15) is 4.98 Å². The fraction of sp³-hybridized carbons (Fsp3) is 0.308. The van der Waals surface area contributed by atoms with Crippen LogP contribution in [0.15, 0.2) is 33.3 Å². The van der Waals surface area contributed by atoms with Crippen LogP contribution in [0.4, 0.5) is 0 Å². The van der Waals surface area contributed by atoms with Gasteiger partial charge in [0, 0.05) is 10.4 Å². The molecule has 0 saturated heterocycles. The molecule has 0 radical (unpaired) electrons. The Morgan fingerprint density at radius 1 is 1.42 bits per heavy atom. The van der Waals surface area contributed by atoms with Gasteiger partial charge in [-0.25, -0.2) is 0 Å². The lowest BCUT2D eigenvalue weighted by Gasteiger charge is -2.04. The highest BCUT2D eigenvalue weighted by Gasteiger charge is 2.12. The molecule has 0 atom stereocenters. The van der Waals surface area contributed by atoms with Crippen LogP contribution in [0, 0.1) is 0 Å². The average molecular weight is 324 g/mol. The van der Waals surface area contributed by atoms with E-state index < -0.39 is 0 Å². The zero-order chi connectivity index (χ0) is 13.8. The summed E-state index contributed by atoms with van der Waals surface area (Å²) >= 11 is 3.34. The highest BCUT2D eigenvalue weighted by Crippen LogP contribution is 2.15. The number of nitrogens with one attached hydrogen (secondary N) is 1. The SMILES string of the molecule is CC(C)c1nc(CNC(=O)c2ccccc2Br)no1. The summed E-state index contributed by atoms with van der Waals surface area (Å²) in [6, 6.07) is 7.23. The van der Waals surface area contributed by atoms with Gasteiger partial charge in [-0.1, -0.05) is 31.1 Å². The second kappa shape index (κ2) is 5.97. The number of aromatic nitrogens is 2. The van der Waals surface area contributed by atoms with Crippen LogP contribution in [0.25, 0.3) is 0 Å². The van der Waals surface area contributed by atoms with Gasteiger partial charge in [0.2, 0.25) is 5.89 Å². The lowest BCUT2D eigenvalue weighted by Crippen LogP contribution is -2.23. The van der Waals surface area contributed by atoms with Crippen LogP contribution in [-0.2, 0) is 6.54 Å². The topological polar surface area (TPSA) is 68.0 Å². The van der Waals surface area contributed by atoms with Crippen LogP contribution in [0.1, 0.15) is 41.8 Å². The molecule has 0 aliphatic heterocycles. The van der Waals surface area contributed by atoms with Crippen LogP contribution < -0.4 is 5.32 Å². The Hall–Kier alpha value is -1.69. The van der Waals surface area contributed by atoms with E-state index in [0.29, 0.717) is 17.3 Å². The Morgan fingerprint density at radius 3 is 2.79 bits per heavy atom. The average Bonchev–Trinajstić information content (AvgIpc) is 2.85. The zero-order valence-electron chi connectivity index (χ0n) is 10.7. The number of halogens is 1. The smallest absolute Gasteiger partial charge is 0.252 e. The monoisotopic (exact) mass is 323 g/mol. The van der Waals surface area contributed by atoms with Crippen molar-refractivity contribution in [1.82, 2.24) is 15.5 Å². The molecule has 0 unspecified atom stereocenters. The van der Waals surface area contributed by atoms with E-state index in [0.717, 1.165) is 4.47 Å². The van der Waals surface area contributed by atoms with Crippen molar-refractivity contribution in [3.8, 4) is 0 Å². The maximum Gasteiger partial charge on any atom is 0.252 e. The third-order valence-electron chi connectivity index (χ3n) is 2.50. The first-order chi connectivity index (χ1) is 9.08. The van der Waals surface area contributed by atoms with E-state index in [1.165, 1.54) is 0 Å². The third-order valence-corrected chi connectivity index (χ3v) is 3.19. The lowest BCUT2D eigenvalue weighted by molar-refractivity contribution is 0.0949. The quantitative estimate of drug-likeness (QED) is 0.939. The Balaban J connectivity index is 1.98. The molecule has 0 aliphatic carbocycles. The predicted octanol–water partition coefficient (Wildman–Crippen LogP) is 2.89. The minimum atomic E-state index is -0.177. The molecule has 0 aliphatic rings. The number of nitrogens with zero attached hydrogens (tertiary/aromatic N) is 2. The molecule has 1 N–H and O–H groups in total. The first-order valence-corrected chi connectivity index (χ1v) is 6.72. The summed E-state index contributed by atoms with van der Waals surface area (Å²) < 4.78 is 5.82. The van der Waals surface area contributed by atoms with Crippen LogP contribution in [0.5, 0.6) is 0 Å². The molecule has 5 nitrogen and oxygen atoms in total. The number of rotatable bonds is 4. The van der Waals surface area contributed by atoms with E-state index in [-0.39, 0.29) is 18.4 Å². The van der Waals surface area contributed by atoms with Gasteiger partial charge in [-0.05, 0) is 28.1 Å². The maximum absolute atomic E-state index is 12.0. The van der Waals surface area contributed by atoms with Gasteiger partial charge in [0.25, 0.3) is 5.91 Å². The van der Waals surface area contributed by atoms with Gasteiger partial charge < -0.3 is 9.84 Å². The molecule has 0 fully saturated rings. The highest BCUT2D eigenvalue weighted by atomic mass is 79.9. The van der Waals surface area contributed by atoms with E-state index in [1.807, 2.05) is 32.0 Å². The molecule has 6 heteroatoms. The normalized spacial score (nSPS) is 10.7. The Labute approximate surface area is 119 Å². The third kappa shape index (κ3) is 3.41. The molecule has 1 aromatic heterocycles. The van der Waals surface area contributed by atoms with Crippen LogP contribution in [0.2, 0.25) is 0 Å². The minimum absolute atomic E-state index is 0.177. The number of carbonyl (C=O) groups is 1. The minimum Gasteiger partial charge on any atom is -0.345 e. The molecular formula is C13H14BrN3O2. The fourth-order valence-electron chi connectivity index (χ4n) is 1.47. The summed E-state index contributed by atoms with van der Waals surface area (Å²) in [6.07, 6.45) is 0. The molecule has 0 saturated carbocycles. The van der Waals surface area contributed by atoms with E-state index in [2.05, 4.69) is 31.4 Å². The number of hydrogen-bond acceptors (Lipinski definition) is 4. The largest absolute Gasteiger partial charge is 0.345 e. The Morgan fingerprint density at radius 2 is 2.16 bits per heavy atom. The number of carbonyl (C=O) groups excluding carboxylic acids is 1. The zero-order valence-corrected chi connectivity index (χ0v) is 12.3. The van der Waals surface area contributed by atoms with Gasteiger partial charge in [0.15, 0.2) is 5.82 Å². The maximum atomic E-state index is 12.0. The molecule has 0 bridgehead atoms. The van der Waals surface area contributed by atoms with E-state index in [1.54, 1.807) is 6.07 Å². The molecule has 1 heterocycles. The van der Waals surface area contributed by atoms with Gasteiger partial charge in [-0.3, -0.25) is 4.79 Å². The molecule has 2 aromatic rings.